The summed E-state index contributed by atoms with van der Waals surface area (Å²) < 4.78 is 13.2. The van der Waals surface area contributed by atoms with Crippen molar-refractivity contribution in [2.24, 2.45) is 17.8 Å². The zero-order valence-electron chi connectivity index (χ0n) is 7.27. The Morgan fingerprint density at radius 3 is 2.50 bits per heavy atom. The van der Waals surface area contributed by atoms with Gasteiger partial charge in [0.05, 0.1) is 5.92 Å². The Morgan fingerprint density at radius 1 is 1.57 bits per heavy atom. The SMILES string of the molecule is [NH3+][C@@]1(C(=O)[O-])C[C@@H](F)[C@H]2[C@H](C(=O)O)[C@H]21. The first kappa shape index (κ1) is 9.39. The van der Waals surface area contributed by atoms with Crippen molar-refractivity contribution in [2.45, 2.75) is 18.1 Å². The highest BCUT2D eigenvalue weighted by Gasteiger charge is 2.74. The Hall–Kier alpha value is -1.17. The first-order chi connectivity index (χ1) is 6.39. The van der Waals surface area contributed by atoms with E-state index in [0.29, 0.717) is 0 Å². The minimum absolute atomic E-state index is 0.228. The van der Waals surface area contributed by atoms with Crippen molar-refractivity contribution in [1.29, 1.82) is 0 Å². The lowest BCUT2D eigenvalue weighted by Gasteiger charge is -2.24. The van der Waals surface area contributed by atoms with Gasteiger partial charge in [0.2, 0.25) is 0 Å². The molecule has 0 aliphatic heterocycles. The Labute approximate surface area is 78.7 Å². The molecule has 0 saturated heterocycles. The van der Waals surface area contributed by atoms with Crippen LogP contribution in [-0.2, 0) is 9.59 Å². The van der Waals surface area contributed by atoms with Crippen LogP contribution in [-0.4, -0.2) is 28.8 Å². The summed E-state index contributed by atoms with van der Waals surface area (Å²) in [5, 5.41) is 19.4. The van der Waals surface area contributed by atoms with E-state index in [2.05, 4.69) is 5.73 Å². The van der Waals surface area contributed by atoms with Gasteiger partial charge in [0, 0.05) is 18.3 Å². The number of hydrogen-bond acceptors (Lipinski definition) is 3. The Kier molecular flexibility index (Phi) is 1.64. The predicted molar refractivity (Wildman–Crippen MR) is 38.2 cm³/mol. The average Bonchev–Trinajstić information content (AvgIpc) is 2.72. The van der Waals surface area contributed by atoms with Gasteiger partial charge in [0.15, 0.2) is 0 Å². The van der Waals surface area contributed by atoms with Gasteiger partial charge in [0.25, 0.3) is 0 Å². The number of carbonyl (C=O) groups is 2. The third-order valence-electron chi connectivity index (χ3n) is 3.38. The highest BCUT2D eigenvalue weighted by molar-refractivity contribution is 5.83. The van der Waals surface area contributed by atoms with Gasteiger partial charge in [0.1, 0.15) is 17.7 Å². The van der Waals surface area contributed by atoms with Crippen LogP contribution in [0.15, 0.2) is 0 Å². The molecule has 0 radical (unpaired) electrons. The third kappa shape index (κ3) is 0.914. The van der Waals surface area contributed by atoms with Gasteiger partial charge >= 0.3 is 5.97 Å². The van der Waals surface area contributed by atoms with E-state index in [1.165, 1.54) is 0 Å². The van der Waals surface area contributed by atoms with Crippen LogP contribution >= 0.6 is 0 Å². The Balaban J connectivity index is 2.26. The molecule has 2 saturated carbocycles. The molecule has 0 aromatic rings. The lowest BCUT2D eigenvalue weighted by molar-refractivity contribution is -0.491. The summed E-state index contributed by atoms with van der Waals surface area (Å²) in [6.45, 7) is 0. The summed E-state index contributed by atoms with van der Waals surface area (Å²) in [5.41, 5.74) is 1.86. The number of carboxylic acids is 2. The molecule has 0 amide bonds. The number of quaternary nitrogens is 1. The molecule has 2 rings (SSSR count). The number of carboxylic acid groups (broad SMARTS) is 2. The number of rotatable bonds is 2. The van der Waals surface area contributed by atoms with E-state index in [9.17, 15) is 19.1 Å². The van der Waals surface area contributed by atoms with Crippen LogP contribution in [0.1, 0.15) is 6.42 Å². The van der Waals surface area contributed by atoms with E-state index in [4.69, 9.17) is 5.11 Å². The quantitative estimate of drug-likeness (QED) is 0.513. The normalized spacial score (nSPS) is 49.9. The van der Waals surface area contributed by atoms with Gasteiger partial charge in [-0.25, -0.2) is 4.39 Å². The third-order valence-corrected chi connectivity index (χ3v) is 3.38. The van der Waals surface area contributed by atoms with Gasteiger partial charge in [-0.15, -0.1) is 0 Å². The second-order valence-electron chi connectivity index (χ2n) is 4.13. The molecule has 0 heterocycles. The molecule has 0 aromatic heterocycles. The molecule has 0 unspecified atom stereocenters. The van der Waals surface area contributed by atoms with E-state index in [-0.39, 0.29) is 6.42 Å². The maximum absolute atomic E-state index is 13.2. The summed E-state index contributed by atoms with van der Waals surface area (Å²) in [6, 6.07) is 0. The summed E-state index contributed by atoms with van der Waals surface area (Å²) in [4.78, 5) is 21.4. The van der Waals surface area contributed by atoms with Crippen molar-refractivity contribution in [3.8, 4) is 0 Å². The first-order valence-corrected chi connectivity index (χ1v) is 4.33. The summed E-state index contributed by atoms with van der Waals surface area (Å²) in [7, 11) is 0. The van der Waals surface area contributed by atoms with Crippen molar-refractivity contribution >= 4 is 11.9 Å². The number of halogens is 1. The highest BCUT2D eigenvalue weighted by Crippen LogP contribution is 2.61. The molecule has 2 aliphatic carbocycles. The zero-order chi connectivity index (χ0) is 10.7. The van der Waals surface area contributed by atoms with Crippen LogP contribution in [0, 0.1) is 17.8 Å². The minimum Gasteiger partial charge on any atom is -0.544 e. The topological polar surface area (TPSA) is 105 Å². The van der Waals surface area contributed by atoms with E-state index in [0.717, 1.165) is 0 Å². The molecule has 0 aromatic carbocycles. The smallest absolute Gasteiger partial charge is 0.307 e. The lowest BCUT2D eigenvalue weighted by Crippen LogP contribution is -2.80. The van der Waals surface area contributed by atoms with E-state index < -0.39 is 41.4 Å². The standard InChI is InChI=1S/C8H10FNO4/c9-2-1-8(10,7(13)14)5-3(2)4(5)6(11)12/h2-5H,1,10H2,(H,11,12)(H,13,14)/t2-,3+,4+,5+,8+/m1/s1. The molecule has 6 heteroatoms. The molecule has 5 nitrogen and oxygen atoms in total. The van der Waals surface area contributed by atoms with Gasteiger partial charge in [-0.3, -0.25) is 4.79 Å². The van der Waals surface area contributed by atoms with E-state index >= 15 is 0 Å². The van der Waals surface area contributed by atoms with Crippen LogP contribution in [0.25, 0.3) is 0 Å². The molecule has 4 N–H and O–H groups in total. The molecule has 2 fully saturated rings. The second kappa shape index (κ2) is 2.44. The Morgan fingerprint density at radius 2 is 2.14 bits per heavy atom. The molecule has 0 spiro atoms. The molecule has 14 heavy (non-hydrogen) atoms. The fourth-order valence-electron chi connectivity index (χ4n) is 2.65. The van der Waals surface area contributed by atoms with Crippen molar-refractivity contribution in [3.63, 3.8) is 0 Å². The second-order valence-corrected chi connectivity index (χ2v) is 4.13. The summed E-state index contributed by atoms with van der Waals surface area (Å²) in [6.07, 6.45) is -1.61. The fourth-order valence-corrected chi connectivity index (χ4v) is 2.65. The molecule has 5 atom stereocenters. The minimum atomic E-state index is -1.55. The van der Waals surface area contributed by atoms with Gasteiger partial charge in [-0.2, -0.15) is 0 Å². The number of fused-ring (bicyclic) bond motifs is 1. The van der Waals surface area contributed by atoms with Crippen LogP contribution in [0.5, 0.6) is 0 Å². The number of carbonyl (C=O) groups excluding carboxylic acids is 1. The maximum Gasteiger partial charge on any atom is 0.307 e. The highest BCUT2D eigenvalue weighted by atomic mass is 19.1. The fraction of sp³-hybridized carbons (Fsp3) is 0.750. The Bertz CT molecular complexity index is 320. The largest absolute Gasteiger partial charge is 0.544 e. The summed E-state index contributed by atoms with van der Waals surface area (Å²) in [5.74, 6) is -4.86. The molecule has 0 bridgehead atoms. The predicted octanol–water partition coefficient (Wildman–Crippen LogP) is -2.59. The van der Waals surface area contributed by atoms with Gasteiger partial charge in [-0.1, -0.05) is 0 Å². The van der Waals surface area contributed by atoms with Gasteiger partial charge in [-0.05, 0) is 0 Å². The maximum atomic E-state index is 13.2. The number of hydrogen-bond donors (Lipinski definition) is 2. The average molecular weight is 203 g/mol. The van der Waals surface area contributed by atoms with Crippen LogP contribution < -0.4 is 10.8 Å². The number of aliphatic carboxylic acids is 2. The molecular formula is C8H10FNO4. The van der Waals surface area contributed by atoms with Crippen molar-refractivity contribution < 1.29 is 29.9 Å². The lowest BCUT2D eigenvalue weighted by atomic mass is 9.91. The molecule has 78 valence electrons. The van der Waals surface area contributed by atoms with Crippen LogP contribution in [0.2, 0.25) is 0 Å². The van der Waals surface area contributed by atoms with Crippen LogP contribution in [0.4, 0.5) is 4.39 Å². The van der Waals surface area contributed by atoms with Crippen molar-refractivity contribution in [3.05, 3.63) is 0 Å². The summed E-state index contributed by atoms with van der Waals surface area (Å²) >= 11 is 0. The molecular weight excluding hydrogens is 193 g/mol. The van der Waals surface area contributed by atoms with Crippen LogP contribution in [0.3, 0.4) is 0 Å². The molecule has 2 aliphatic rings. The van der Waals surface area contributed by atoms with Crippen molar-refractivity contribution in [1.82, 2.24) is 0 Å². The van der Waals surface area contributed by atoms with E-state index in [1.54, 1.807) is 0 Å². The van der Waals surface area contributed by atoms with Gasteiger partial charge < -0.3 is 20.7 Å². The first-order valence-electron chi connectivity index (χ1n) is 4.33. The number of alkyl halides is 1. The zero-order valence-corrected chi connectivity index (χ0v) is 7.27. The van der Waals surface area contributed by atoms with E-state index in [1.807, 2.05) is 0 Å². The van der Waals surface area contributed by atoms with Crippen molar-refractivity contribution in [2.75, 3.05) is 0 Å². The monoisotopic (exact) mass is 203 g/mol.